The Balaban J connectivity index is 1.30. The van der Waals surface area contributed by atoms with Crippen LogP contribution in [0.2, 0.25) is 0 Å². The summed E-state index contributed by atoms with van der Waals surface area (Å²) in [5.74, 6) is -0.120. The van der Waals surface area contributed by atoms with E-state index in [9.17, 15) is 27.9 Å². The average molecular weight is 528 g/mol. The van der Waals surface area contributed by atoms with Crippen molar-refractivity contribution < 1.29 is 32.6 Å². The maximum Gasteiger partial charge on any atom is 0.405 e. The minimum Gasteiger partial charge on any atom is -0.490 e. The zero-order valence-corrected chi connectivity index (χ0v) is 20.6. The van der Waals surface area contributed by atoms with E-state index in [0.717, 1.165) is 22.0 Å². The predicted molar refractivity (Wildman–Crippen MR) is 134 cm³/mol. The largest absolute Gasteiger partial charge is 0.490 e. The number of halogens is 3. The van der Waals surface area contributed by atoms with Crippen LogP contribution in [0, 0.1) is 0 Å². The van der Waals surface area contributed by atoms with Crippen molar-refractivity contribution in [2.45, 2.75) is 62.8 Å². The second kappa shape index (κ2) is 10.2. The molecule has 0 saturated heterocycles. The molecule has 2 aliphatic carbocycles. The average Bonchev–Trinajstić information content (AvgIpc) is 3.26. The van der Waals surface area contributed by atoms with Gasteiger partial charge in [0.1, 0.15) is 18.1 Å². The van der Waals surface area contributed by atoms with Crippen molar-refractivity contribution in [2.75, 3.05) is 6.54 Å². The van der Waals surface area contributed by atoms with Crippen molar-refractivity contribution >= 4 is 28.7 Å². The first-order chi connectivity index (χ1) is 18.2. The highest BCUT2D eigenvalue weighted by atomic mass is 19.4. The molecule has 0 aliphatic heterocycles. The Morgan fingerprint density at radius 1 is 1.18 bits per heavy atom. The number of carbonyl (C=O) groups is 2. The predicted octanol–water partition coefficient (Wildman–Crippen LogP) is 4.74. The lowest BCUT2D eigenvalue weighted by atomic mass is 9.65. The maximum atomic E-state index is 13.7. The van der Waals surface area contributed by atoms with Crippen molar-refractivity contribution in [3.63, 3.8) is 0 Å². The van der Waals surface area contributed by atoms with Gasteiger partial charge in [0.2, 0.25) is 5.91 Å². The van der Waals surface area contributed by atoms with Crippen molar-refractivity contribution in [1.29, 1.82) is 0 Å². The molecule has 1 saturated carbocycles. The first-order valence-electron chi connectivity index (χ1n) is 12.6. The van der Waals surface area contributed by atoms with Crippen molar-refractivity contribution in [3.8, 4) is 5.75 Å². The quantitative estimate of drug-likeness (QED) is 0.430. The summed E-state index contributed by atoms with van der Waals surface area (Å²) in [6, 6.07) is 13.0. The van der Waals surface area contributed by atoms with E-state index in [1.165, 1.54) is 0 Å². The lowest BCUT2D eigenvalue weighted by Crippen LogP contribution is -2.42. The smallest absolute Gasteiger partial charge is 0.405 e. The monoisotopic (exact) mass is 527 g/mol. The second-order valence-corrected chi connectivity index (χ2v) is 10.00. The normalized spacial score (nSPS) is 21.6. The molecule has 10 heteroatoms. The number of ether oxygens (including phenoxy) is 1. The minimum atomic E-state index is -4.49. The van der Waals surface area contributed by atoms with Gasteiger partial charge in [-0.1, -0.05) is 35.9 Å². The van der Waals surface area contributed by atoms with Gasteiger partial charge in [-0.3, -0.25) is 14.7 Å². The van der Waals surface area contributed by atoms with E-state index in [2.05, 4.69) is 10.2 Å². The molecule has 7 nitrogen and oxygen atoms in total. The third-order valence-corrected chi connectivity index (χ3v) is 7.48. The van der Waals surface area contributed by atoms with Crippen LogP contribution < -0.4 is 10.1 Å². The number of nitrogens with one attached hydrogen (secondary N) is 2. The summed E-state index contributed by atoms with van der Waals surface area (Å²) in [6.45, 7) is -1.56. The molecular formula is C28H28F3N3O4. The SMILES string of the molecule is O=C(CC1=Cc2ccccc2C2(CCC(Oc3ccc4n[nH]c(CO)c4c3)CC2)C(=O)C1)NCC(F)(F)F. The zero-order valence-electron chi connectivity index (χ0n) is 20.6. The summed E-state index contributed by atoms with van der Waals surface area (Å²) in [4.78, 5) is 25.9. The highest BCUT2D eigenvalue weighted by molar-refractivity contribution is 5.97. The molecule has 5 rings (SSSR count). The summed E-state index contributed by atoms with van der Waals surface area (Å²) in [5, 5.41) is 19.2. The number of ketones is 1. The number of Topliss-reactive ketones (excluding diaryl/α,β-unsaturated/α-hetero) is 1. The molecule has 0 bridgehead atoms. The molecular weight excluding hydrogens is 499 g/mol. The number of amides is 1. The Kier molecular flexibility index (Phi) is 7.00. The van der Waals surface area contributed by atoms with Crippen LogP contribution in [0.15, 0.2) is 48.0 Å². The Morgan fingerprint density at radius 3 is 2.68 bits per heavy atom. The summed E-state index contributed by atoms with van der Waals surface area (Å²) in [7, 11) is 0. The molecule has 1 fully saturated rings. The maximum absolute atomic E-state index is 13.7. The summed E-state index contributed by atoms with van der Waals surface area (Å²) in [5.41, 5.74) is 2.82. The number of rotatable bonds is 6. The molecule has 1 amide bonds. The van der Waals surface area contributed by atoms with E-state index in [0.29, 0.717) is 42.7 Å². The number of benzene rings is 2. The first kappa shape index (κ1) is 26.0. The van der Waals surface area contributed by atoms with Crippen LogP contribution in [0.3, 0.4) is 0 Å². The molecule has 0 radical (unpaired) electrons. The molecule has 1 aromatic heterocycles. The number of aromatic nitrogens is 2. The number of carbonyl (C=O) groups excluding carboxylic acids is 2. The number of hydrogen-bond donors (Lipinski definition) is 3. The Hall–Kier alpha value is -3.66. The number of aromatic amines is 1. The van der Waals surface area contributed by atoms with Crippen LogP contribution in [0.25, 0.3) is 17.0 Å². The summed E-state index contributed by atoms with van der Waals surface area (Å²) < 4.78 is 43.8. The third-order valence-electron chi connectivity index (χ3n) is 7.48. The lowest BCUT2D eigenvalue weighted by Gasteiger charge is -2.39. The van der Waals surface area contributed by atoms with Crippen LogP contribution in [0.1, 0.15) is 55.3 Å². The van der Waals surface area contributed by atoms with Gasteiger partial charge in [0.15, 0.2) is 0 Å². The molecule has 0 atom stereocenters. The number of alkyl halides is 3. The van der Waals surface area contributed by atoms with Gasteiger partial charge in [-0.15, -0.1) is 0 Å². The van der Waals surface area contributed by atoms with Gasteiger partial charge in [-0.2, -0.15) is 18.3 Å². The van der Waals surface area contributed by atoms with Crippen LogP contribution in [0.4, 0.5) is 13.2 Å². The standard InChI is InChI=1S/C28H28F3N3O4/c29-28(30,31)16-32-26(37)13-17-11-18-3-1-2-4-22(18)27(25(36)12-17)9-7-19(8-10-27)38-20-5-6-23-21(14-20)24(15-35)34-33-23/h1-6,11,14,19,35H,7-10,12-13,15-16H2,(H,32,37)(H,33,34). The minimum absolute atomic E-state index is 0.0146. The Labute approximate surface area is 217 Å². The van der Waals surface area contributed by atoms with Crippen molar-refractivity contribution in [1.82, 2.24) is 15.5 Å². The Bertz CT molecular complexity index is 1390. The van der Waals surface area contributed by atoms with Crippen LogP contribution in [-0.4, -0.2) is 45.8 Å². The van der Waals surface area contributed by atoms with Gasteiger partial charge >= 0.3 is 6.18 Å². The molecule has 2 aromatic carbocycles. The van der Waals surface area contributed by atoms with E-state index in [1.54, 1.807) is 6.08 Å². The van der Waals surface area contributed by atoms with E-state index >= 15 is 0 Å². The fourth-order valence-corrected chi connectivity index (χ4v) is 5.62. The molecule has 1 heterocycles. The fourth-order valence-electron chi connectivity index (χ4n) is 5.62. The number of H-pyrrole nitrogens is 1. The van der Waals surface area contributed by atoms with E-state index < -0.39 is 24.0 Å². The zero-order chi connectivity index (χ0) is 26.9. The van der Waals surface area contributed by atoms with E-state index in [4.69, 9.17) is 4.74 Å². The molecule has 3 N–H and O–H groups in total. The van der Waals surface area contributed by atoms with Gasteiger partial charge in [-0.05, 0) is 55.0 Å². The van der Waals surface area contributed by atoms with Crippen LogP contribution in [0.5, 0.6) is 5.75 Å². The number of aliphatic hydroxyl groups excluding tert-OH is 1. The van der Waals surface area contributed by atoms with Gasteiger partial charge in [0.05, 0.1) is 29.3 Å². The van der Waals surface area contributed by atoms with Gasteiger partial charge < -0.3 is 15.2 Å². The van der Waals surface area contributed by atoms with Crippen LogP contribution in [-0.2, 0) is 21.6 Å². The highest BCUT2D eigenvalue weighted by Crippen LogP contribution is 2.46. The number of hydrogen-bond acceptors (Lipinski definition) is 5. The van der Waals surface area contributed by atoms with Crippen molar-refractivity contribution in [2.24, 2.45) is 0 Å². The molecule has 2 aliphatic rings. The number of nitrogens with zero attached hydrogens (tertiary/aromatic N) is 1. The Morgan fingerprint density at radius 2 is 1.95 bits per heavy atom. The summed E-state index contributed by atoms with van der Waals surface area (Å²) in [6.07, 6.45) is -0.676. The number of fused-ring (bicyclic) bond motifs is 3. The third kappa shape index (κ3) is 5.31. The van der Waals surface area contributed by atoms with Gasteiger partial charge in [-0.25, -0.2) is 0 Å². The fraction of sp³-hybridized carbons (Fsp3) is 0.393. The molecule has 0 unspecified atom stereocenters. The van der Waals surface area contributed by atoms with E-state index in [-0.39, 0.29) is 31.3 Å². The van der Waals surface area contributed by atoms with Gasteiger partial charge in [0, 0.05) is 18.2 Å². The second-order valence-electron chi connectivity index (χ2n) is 10.00. The van der Waals surface area contributed by atoms with Crippen molar-refractivity contribution in [3.05, 3.63) is 64.9 Å². The van der Waals surface area contributed by atoms with Crippen LogP contribution >= 0.6 is 0 Å². The molecule has 200 valence electrons. The molecule has 1 spiro atoms. The highest BCUT2D eigenvalue weighted by Gasteiger charge is 2.45. The molecule has 3 aromatic rings. The first-order valence-corrected chi connectivity index (χ1v) is 12.6. The van der Waals surface area contributed by atoms with Gasteiger partial charge in [0.25, 0.3) is 0 Å². The van der Waals surface area contributed by atoms with E-state index in [1.807, 2.05) is 47.8 Å². The topological polar surface area (TPSA) is 104 Å². The summed E-state index contributed by atoms with van der Waals surface area (Å²) >= 11 is 0. The number of aliphatic hydroxyl groups is 1. The lowest BCUT2D eigenvalue weighted by molar-refractivity contribution is -0.138. The molecule has 38 heavy (non-hydrogen) atoms.